The second-order valence-electron chi connectivity index (χ2n) is 7.28. The third-order valence-electron chi connectivity index (χ3n) is 5.06. The Balaban J connectivity index is 1.64. The van der Waals surface area contributed by atoms with Crippen molar-refractivity contribution in [2.24, 2.45) is 0 Å². The van der Waals surface area contributed by atoms with Crippen LogP contribution in [0.4, 0.5) is 5.69 Å². The molecule has 1 N–H and O–H groups in total. The first-order chi connectivity index (χ1) is 15.2. The minimum Gasteiger partial charge on any atom is -0.465 e. The summed E-state index contributed by atoms with van der Waals surface area (Å²) in [6.07, 6.45) is 0.806. The summed E-state index contributed by atoms with van der Waals surface area (Å²) >= 11 is 0. The number of ether oxygens (including phenoxy) is 2. The average molecular weight is 461 g/mol. The van der Waals surface area contributed by atoms with Gasteiger partial charge in [0.1, 0.15) is 6.04 Å². The minimum absolute atomic E-state index is 0.0972. The molecular formula is C22H24N2O7S. The van der Waals surface area contributed by atoms with Gasteiger partial charge in [-0.25, -0.2) is 13.2 Å². The van der Waals surface area contributed by atoms with Crippen LogP contribution in [0.15, 0.2) is 53.4 Å². The molecule has 170 valence electrons. The quantitative estimate of drug-likeness (QED) is 0.629. The molecule has 0 aromatic heterocycles. The van der Waals surface area contributed by atoms with E-state index in [0.717, 1.165) is 9.87 Å². The number of anilines is 1. The third kappa shape index (κ3) is 5.14. The molecule has 1 aliphatic heterocycles. The molecule has 10 heteroatoms. The van der Waals surface area contributed by atoms with E-state index in [0.29, 0.717) is 12.8 Å². The van der Waals surface area contributed by atoms with E-state index in [2.05, 4.69) is 10.1 Å². The van der Waals surface area contributed by atoms with Crippen molar-refractivity contribution in [1.29, 1.82) is 0 Å². The van der Waals surface area contributed by atoms with E-state index in [1.54, 1.807) is 24.3 Å². The lowest BCUT2D eigenvalue weighted by atomic mass is 10.2. The normalized spacial score (nSPS) is 16.4. The van der Waals surface area contributed by atoms with Gasteiger partial charge in [0.15, 0.2) is 6.61 Å². The van der Waals surface area contributed by atoms with Gasteiger partial charge in [-0.3, -0.25) is 9.59 Å². The highest BCUT2D eigenvalue weighted by Crippen LogP contribution is 2.27. The van der Waals surface area contributed by atoms with Gasteiger partial charge in [-0.1, -0.05) is 29.8 Å². The fourth-order valence-corrected chi connectivity index (χ4v) is 5.06. The maximum atomic E-state index is 13.0. The van der Waals surface area contributed by atoms with E-state index < -0.39 is 40.5 Å². The number of rotatable bonds is 7. The van der Waals surface area contributed by atoms with E-state index >= 15 is 0 Å². The molecule has 0 bridgehead atoms. The van der Waals surface area contributed by atoms with Gasteiger partial charge in [0.2, 0.25) is 10.0 Å². The Bertz CT molecular complexity index is 1110. The van der Waals surface area contributed by atoms with Crippen LogP contribution in [-0.2, 0) is 29.1 Å². The number of esters is 2. The van der Waals surface area contributed by atoms with E-state index in [4.69, 9.17) is 4.74 Å². The number of benzene rings is 2. The molecule has 0 aliphatic carbocycles. The zero-order chi connectivity index (χ0) is 23.3. The summed E-state index contributed by atoms with van der Waals surface area (Å²) in [6.45, 7) is 1.42. The topological polar surface area (TPSA) is 119 Å². The van der Waals surface area contributed by atoms with Crippen LogP contribution in [0.25, 0.3) is 0 Å². The number of carbonyl (C=O) groups is 3. The molecule has 0 spiro atoms. The minimum atomic E-state index is -3.87. The second-order valence-corrected chi connectivity index (χ2v) is 9.17. The Kier molecular flexibility index (Phi) is 7.26. The molecule has 1 atom stereocenters. The largest absolute Gasteiger partial charge is 0.465 e. The van der Waals surface area contributed by atoms with Gasteiger partial charge in [0, 0.05) is 6.54 Å². The summed E-state index contributed by atoms with van der Waals surface area (Å²) in [4.78, 5) is 36.7. The molecule has 1 saturated heterocycles. The number of nitrogens with one attached hydrogen (secondary N) is 1. The molecule has 0 radical (unpaired) electrons. The number of hydrogen-bond donors (Lipinski definition) is 1. The molecule has 1 fully saturated rings. The first kappa shape index (κ1) is 23.4. The fraction of sp³-hybridized carbons (Fsp3) is 0.318. The van der Waals surface area contributed by atoms with Crippen LogP contribution >= 0.6 is 0 Å². The Morgan fingerprint density at radius 2 is 1.78 bits per heavy atom. The summed E-state index contributed by atoms with van der Waals surface area (Å²) in [7, 11) is -2.65. The van der Waals surface area contributed by atoms with Crippen molar-refractivity contribution in [3.8, 4) is 0 Å². The number of aryl methyl sites for hydroxylation is 1. The Morgan fingerprint density at radius 3 is 2.47 bits per heavy atom. The van der Waals surface area contributed by atoms with Crippen molar-refractivity contribution in [2.45, 2.75) is 30.7 Å². The van der Waals surface area contributed by atoms with Gasteiger partial charge >= 0.3 is 11.9 Å². The summed E-state index contributed by atoms with van der Waals surface area (Å²) < 4.78 is 36.8. The van der Waals surface area contributed by atoms with Crippen LogP contribution in [0.5, 0.6) is 0 Å². The van der Waals surface area contributed by atoms with Gasteiger partial charge in [0.05, 0.1) is 23.3 Å². The molecular weight excluding hydrogens is 436 g/mol. The number of nitrogens with zero attached hydrogens (tertiary/aromatic N) is 1. The maximum absolute atomic E-state index is 13.0. The molecule has 3 rings (SSSR count). The summed E-state index contributed by atoms with van der Waals surface area (Å²) in [5.41, 5.74) is 1.28. The molecule has 1 unspecified atom stereocenters. The van der Waals surface area contributed by atoms with E-state index in [1.165, 1.54) is 31.4 Å². The molecule has 2 aromatic rings. The number of amides is 1. The first-order valence-corrected chi connectivity index (χ1v) is 11.4. The highest BCUT2D eigenvalue weighted by atomic mass is 32.2. The monoisotopic (exact) mass is 460 g/mol. The van der Waals surface area contributed by atoms with Crippen LogP contribution in [0, 0.1) is 6.92 Å². The molecule has 1 aliphatic rings. The number of carbonyl (C=O) groups excluding carboxylic acids is 3. The van der Waals surface area contributed by atoms with Gasteiger partial charge in [-0.05, 0) is 44.0 Å². The van der Waals surface area contributed by atoms with Crippen molar-refractivity contribution in [3.05, 3.63) is 59.7 Å². The van der Waals surface area contributed by atoms with Crippen molar-refractivity contribution in [2.75, 3.05) is 25.6 Å². The van der Waals surface area contributed by atoms with E-state index in [9.17, 15) is 22.8 Å². The second kappa shape index (κ2) is 9.92. The smallest absolute Gasteiger partial charge is 0.339 e. The number of hydrogen-bond acceptors (Lipinski definition) is 7. The summed E-state index contributed by atoms with van der Waals surface area (Å²) in [5.74, 6) is -2.09. The number of para-hydroxylation sites is 1. The zero-order valence-corrected chi connectivity index (χ0v) is 18.6. The van der Waals surface area contributed by atoms with E-state index in [1.807, 2.05) is 6.92 Å². The molecule has 1 heterocycles. The first-order valence-electron chi connectivity index (χ1n) is 9.96. The van der Waals surface area contributed by atoms with Crippen molar-refractivity contribution in [3.63, 3.8) is 0 Å². The van der Waals surface area contributed by atoms with Gasteiger partial charge in [-0.2, -0.15) is 4.31 Å². The molecule has 32 heavy (non-hydrogen) atoms. The molecule has 0 saturated carbocycles. The summed E-state index contributed by atoms with van der Waals surface area (Å²) in [6, 6.07) is 11.6. The van der Waals surface area contributed by atoms with Crippen LogP contribution in [0.1, 0.15) is 28.8 Å². The van der Waals surface area contributed by atoms with Crippen molar-refractivity contribution in [1.82, 2.24) is 4.31 Å². The lowest BCUT2D eigenvalue weighted by molar-refractivity contribution is -0.150. The third-order valence-corrected chi connectivity index (χ3v) is 6.98. The van der Waals surface area contributed by atoms with Crippen molar-refractivity contribution >= 4 is 33.6 Å². The van der Waals surface area contributed by atoms with Crippen molar-refractivity contribution < 1.29 is 32.3 Å². The van der Waals surface area contributed by atoms with Gasteiger partial charge < -0.3 is 14.8 Å². The standard InChI is InChI=1S/C22H24N2O7S/c1-15-9-11-16(12-10-15)32(28,29)24-13-5-8-19(24)22(27)31-14-20(25)23-18-7-4-3-6-17(18)21(26)30-2/h3-4,6-7,9-12,19H,5,8,13-14H2,1-2H3,(H,23,25). The maximum Gasteiger partial charge on any atom is 0.339 e. The Morgan fingerprint density at radius 1 is 1.09 bits per heavy atom. The van der Waals surface area contributed by atoms with Crippen LogP contribution in [-0.4, -0.2) is 56.9 Å². The highest BCUT2D eigenvalue weighted by Gasteiger charge is 2.40. The molecule has 9 nitrogen and oxygen atoms in total. The van der Waals surface area contributed by atoms with Crippen LogP contribution < -0.4 is 5.32 Å². The summed E-state index contributed by atoms with van der Waals surface area (Å²) in [5, 5.41) is 2.50. The average Bonchev–Trinajstić information content (AvgIpc) is 3.29. The Labute approximate surface area is 186 Å². The zero-order valence-electron chi connectivity index (χ0n) is 17.7. The van der Waals surface area contributed by atoms with Gasteiger partial charge in [0.25, 0.3) is 5.91 Å². The molecule has 2 aromatic carbocycles. The lowest BCUT2D eigenvalue weighted by Crippen LogP contribution is -2.42. The predicted molar refractivity (Wildman–Crippen MR) is 115 cm³/mol. The predicted octanol–water partition coefficient (Wildman–Crippen LogP) is 2.12. The van der Waals surface area contributed by atoms with Gasteiger partial charge in [-0.15, -0.1) is 0 Å². The van der Waals surface area contributed by atoms with Crippen LogP contribution in [0.2, 0.25) is 0 Å². The lowest BCUT2D eigenvalue weighted by Gasteiger charge is -2.22. The molecule has 1 amide bonds. The number of sulfonamides is 1. The van der Waals surface area contributed by atoms with Crippen LogP contribution in [0.3, 0.4) is 0 Å². The highest BCUT2D eigenvalue weighted by molar-refractivity contribution is 7.89. The number of methoxy groups -OCH3 is 1. The fourth-order valence-electron chi connectivity index (χ4n) is 3.41. The Hall–Kier alpha value is -3.24. The SMILES string of the molecule is COC(=O)c1ccccc1NC(=O)COC(=O)C1CCCN1S(=O)(=O)c1ccc(C)cc1. The van der Waals surface area contributed by atoms with E-state index in [-0.39, 0.29) is 22.7 Å².